The molecule has 10 atom stereocenters. The van der Waals surface area contributed by atoms with Crippen LogP contribution in [0.5, 0.6) is 0 Å². The molecule has 2 heterocycles. The highest BCUT2D eigenvalue weighted by Crippen LogP contribution is 2.24. The van der Waals surface area contributed by atoms with Crippen molar-refractivity contribution >= 4 is 94.5 Å². The van der Waals surface area contributed by atoms with Crippen molar-refractivity contribution in [1.82, 2.24) is 52.3 Å². The van der Waals surface area contributed by atoms with Gasteiger partial charge in [0.15, 0.2) is 5.96 Å². The average Bonchev–Trinajstić information content (AvgIpc) is 1.74. The van der Waals surface area contributed by atoms with Gasteiger partial charge >= 0.3 is 0 Å². The Morgan fingerprint density at radius 1 is 0.537 bits per heavy atom. The molecule has 0 bridgehead atoms. The lowest BCUT2D eigenvalue weighted by atomic mass is 10.0. The molecule has 2 saturated heterocycles. The van der Waals surface area contributed by atoms with Gasteiger partial charge in [-0.3, -0.25) is 67.3 Å². The van der Waals surface area contributed by atoms with Crippen LogP contribution in [0.15, 0.2) is 65.7 Å². The number of aliphatic imine (C=N–C) groups is 1. The molecule has 32 heteroatoms. The van der Waals surface area contributed by atoms with Gasteiger partial charge in [0.2, 0.25) is 76.8 Å². The number of carbonyl (C=O) groups is 13. The number of amides is 13. The zero-order chi connectivity index (χ0) is 70.1. The van der Waals surface area contributed by atoms with Crippen molar-refractivity contribution in [3.8, 4) is 0 Å². The molecule has 2 fully saturated rings. The molecular formula is C63H98N18O13S. The standard InChI is InChI=1S/C63H98N18O13S/c1-37(2)33-45(57(89)74-41(53(68)85)27-32-95-3)73-52(84)36-72-54(86)46(34-38-15-6-4-7-16-38)78-58(90)47(35-39-17-8-5-9-18-39)79-56(88)42(23-25-50(66)82)75-55(87)43(24-26-51(67)83)76-59(91)49-22-14-31-81(49)62(94)44(20-10-11-28-64)77-60(92)48-21-13-30-80(48)61(93)40(65)19-12-29-71-63(69)70/h4-9,15-18,37,40-49H,10-14,19-36,64-65H2,1-3H3,(H2,66,82)(H2,67,83)(H2,68,85)(H,72,86)(H,73,84)(H,74,89)(H,75,87)(H,76,91)(H,77,92)(H,78,90)(H,79,88)(H4,69,70,71)/t40-,41-,42-,43+,44+,45-,46+,47-,48-,49+/m0/s1. The van der Waals surface area contributed by atoms with Crippen LogP contribution in [0.3, 0.4) is 0 Å². The minimum absolute atomic E-state index is 0.0736. The first kappa shape index (κ1) is 78.5. The van der Waals surface area contributed by atoms with Gasteiger partial charge in [-0.25, -0.2) is 0 Å². The first-order valence-electron chi connectivity index (χ1n) is 32.2. The van der Waals surface area contributed by atoms with E-state index < -0.39 is 169 Å². The number of nitrogens with one attached hydrogen (secondary N) is 8. The topological polar surface area (TPSA) is 519 Å². The second-order valence-electron chi connectivity index (χ2n) is 24.1. The van der Waals surface area contributed by atoms with E-state index in [1.165, 1.54) is 21.6 Å². The predicted octanol–water partition coefficient (Wildman–Crippen LogP) is -3.71. The molecule has 0 aromatic heterocycles. The van der Waals surface area contributed by atoms with Crippen LogP contribution in [0.2, 0.25) is 0 Å². The summed E-state index contributed by atoms with van der Waals surface area (Å²) >= 11 is 1.45. The summed E-state index contributed by atoms with van der Waals surface area (Å²) in [5.41, 5.74) is 40.6. The Bertz CT molecular complexity index is 2960. The first-order chi connectivity index (χ1) is 45.2. The lowest BCUT2D eigenvalue weighted by Gasteiger charge is -2.32. The highest BCUT2D eigenvalue weighted by Gasteiger charge is 2.42. The second kappa shape index (κ2) is 41.0. The molecule has 2 aliphatic heterocycles. The quantitative estimate of drug-likeness (QED) is 0.0173. The Kier molecular flexibility index (Phi) is 33.9. The van der Waals surface area contributed by atoms with Crippen molar-refractivity contribution < 1.29 is 62.3 Å². The monoisotopic (exact) mass is 1350 g/mol. The number of benzene rings is 2. The summed E-state index contributed by atoms with van der Waals surface area (Å²) in [4.78, 5) is 185. The van der Waals surface area contributed by atoms with E-state index in [0.717, 1.165) is 0 Å². The van der Waals surface area contributed by atoms with Crippen LogP contribution in [0, 0.1) is 5.92 Å². The van der Waals surface area contributed by atoms with E-state index in [2.05, 4.69) is 47.5 Å². The fourth-order valence-electron chi connectivity index (χ4n) is 11.0. The maximum Gasteiger partial charge on any atom is 0.245 e. The van der Waals surface area contributed by atoms with Crippen molar-refractivity contribution in [1.29, 1.82) is 0 Å². The molecule has 2 aliphatic rings. The van der Waals surface area contributed by atoms with Crippen LogP contribution in [-0.4, -0.2) is 198 Å². The SMILES string of the molecule is CSCC[C@H](NC(=O)[C@H](CC(C)C)NC(=O)CNC(=O)[C@@H](Cc1ccccc1)NC(=O)[C@H](Cc1ccccc1)NC(=O)[C@H](CCC(N)=O)NC(=O)[C@@H](CCC(N)=O)NC(=O)[C@H]1CCCN1C(=O)[C@@H](CCCCN)NC(=O)[C@@H]1CCCN1C(=O)[C@@H](N)CCCN=C(N)N)C(N)=O. The van der Waals surface area contributed by atoms with Gasteiger partial charge in [0, 0.05) is 45.3 Å². The molecule has 0 saturated carbocycles. The second-order valence-corrected chi connectivity index (χ2v) is 25.1. The highest BCUT2D eigenvalue weighted by atomic mass is 32.2. The third kappa shape index (κ3) is 27.5. The number of hydrogen-bond acceptors (Lipinski definition) is 17. The Morgan fingerprint density at radius 3 is 1.51 bits per heavy atom. The van der Waals surface area contributed by atoms with Crippen LogP contribution in [0.4, 0.5) is 0 Å². The number of unbranched alkanes of at least 4 members (excludes halogenated alkanes) is 1. The molecule has 2 aromatic rings. The Morgan fingerprint density at radius 2 is 1.01 bits per heavy atom. The molecule has 95 heavy (non-hydrogen) atoms. The zero-order valence-corrected chi connectivity index (χ0v) is 55.3. The van der Waals surface area contributed by atoms with Crippen LogP contribution < -0.4 is 82.7 Å². The van der Waals surface area contributed by atoms with Crippen LogP contribution >= 0.6 is 11.8 Å². The normalized spacial score (nSPS) is 16.8. The fraction of sp³-hybridized carbons (Fsp3) is 0.587. The molecule has 0 radical (unpaired) electrons. The summed E-state index contributed by atoms with van der Waals surface area (Å²) in [5.74, 6) is -9.80. The van der Waals surface area contributed by atoms with Crippen LogP contribution in [-0.2, 0) is 75.2 Å². The molecule has 31 nitrogen and oxygen atoms in total. The van der Waals surface area contributed by atoms with E-state index in [4.69, 9.17) is 40.1 Å². The number of guanidine groups is 1. The lowest BCUT2D eigenvalue weighted by molar-refractivity contribution is -0.144. The summed E-state index contributed by atoms with van der Waals surface area (Å²) in [6.07, 6.45) is 3.12. The van der Waals surface area contributed by atoms with Gasteiger partial charge < -0.3 is 92.5 Å². The number of carbonyl (C=O) groups excluding carboxylic acids is 13. The summed E-state index contributed by atoms with van der Waals surface area (Å²) in [5, 5.41) is 21.1. The van der Waals surface area contributed by atoms with E-state index in [-0.39, 0.29) is 83.0 Å². The largest absolute Gasteiger partial charge is 0.370 e. The number of primary amides is 3. The summed E-state index contributed by atoms with van der Waals surface area (Å²) in [6.45, 7) is 3.86. The van der Waals surface area contributed by atoms with Crippen molar-refractivity contribution in [2.75, 3.05) is 44.7 Å². The van der Waals surface area contributed by atoms with E-state index >= 15 is 0 Å². The van der Waals surface area contributed by atoms with Crippen LogP contribution in [0.1, 0.15) is 121 Å². The Balaban J connectivity index is 1.56. The summed E-state index contributed by atoms with van der Waals surface area (Å²) in [7, 11) is 0. The van der Waals surface area contributed by atoms with Gasteiger partial charge in [-0.15, -0.1) is 0 Å². The zero-order valence-electron chi connectivity index (χ0n) is 54.5. The van der Waals surface area contributed by atoms with Crippen molar-refractivity contribution in [3.63, 3.8) is 0 Å². The van der Waals surface area contributed by atoms with Gasteiger partial charge in [0.25, 0.3) is 0 Å². The molecule has 524 valence electrons. The van der Waals surface area contributed by atoms with Crippen molar-refractivity contribution in [2.45, 2.75) is 183 Å². The average molecular weight is 1350 g/mol. The Labute approximate surface area is 558 Å². The molecule has 0 aliphatic carbocycles. The van der Waals surface area contributed by atoms with E-state index in [0.29, 0.717) is 55.4 Å². The maximum atomic E-state index is 14.7. The highest BCUT2D eigenvalue weighted by molar-refractivity contribution is 7.98. The Hall–Kier alpha value is -8.91. The van der Waals surface area contributed by atoms with Crippen LogP contribution in [0.25, 0.3) is 0 Å². The fourth-order valence-corrected chi connectivity index (χ4v) is 11.5. The minimum atomic E-state index is -1.64. The predicted molar refractivity (Wildman–Crippen MR) is 356 cm³/mol. The lowest BCUT2D eigenvalue weighted by Crippen LogP contribution is -2.60. The molecule has 0 unspecified atom stereocenters. The number of hydrogen-bond donors (Lipinski definition) is 15. The molecular weight excluding hydrogens is 1250 g/mol. The number of nitrogens with two attached hydrogens (primary N) is 7. The van der Waals surface area contributed by atoms with Gasteiger partial charge in [-0.1, -0.05) is 74.5 Å². The van der Waals surface area contributed by atoms with Gasteiger partial charge in [0.05, 0.1) is 12.6 Å². The van der Waals surface area contributed by atoms with E-state index in [1.54, 1.807) is 60.7 Å². The number of nitrogens with zero attached hydrogens (tertiary/aromatic N) is 3. The number of thioether (sulfide) groups is 1. The summed E-state index contributed by atoms with van der Waals surface area (Å²) in [6, 6.07) is 4.51. The van der Waals surface area contributed by atoms with Gasteiger partial charge in [-0.05, 0) is 119 Å². The van der Waals surface area contributed by atoms with E-state index in [1.807, 2.05) is 20.1 Å². The van der Waals surface area contributed by atoms with Gasteiger partial charge in [0.1, 0.15) is 54.4 Å². The van der Waals surface area contributed by atoms with Crippen molar-refractivity contribution in [3.05, 3.63) is 71.8 Å². The van der Waals surface area contributed by atoms with Gasteiger partial charge in [-0.2, -0.15) is 11.8 Å². The molecule has 4 rings (SSSR count). The molecule has 0 spiro atoms. The third-order valence-electron chi connectivity index (χ3n) is 16.0. The number of rotatable bonds is 42. The van der Waals surface area contributed by atoms with Crippen molar-refractivity contribution in [2.24, 2.45) is 51.0 Å². The first-order valence-corrected chi connectivity index (χ1v) is 33.6. The summed E-state index contributed by atoms with van der Waals surface area (Å²) < 4.78 is 0. The molecule has 22 N–H and O–H groups in total. The van der Waals surface area contributed by atoms with E-state index in [9.17, 15) is 62.3 Å². The smallest absolute Gasteiger partial charge is 0.245 e. The number of likely N-dealkylation sites (tertiary alicyclic amines) is 2. The molecule has 13 amide bonds. The molecule has 2 aromatic carbocycles. The maximum absolute atomic E-state index is 14.7. The minimum Gasteiger partial charge on any atom is -0.370 e. The third-order valence-corrected chi connectivity index (χ3v) is 16.7.